The van der Waals surface area contributed by atoms with Crippen LogP contribution in [-0.2, 0) is 0 Å². The van der Waals surface area contributed by atoms with E-state index in [4.69, 9.17) is 9.47 Å². The summed E-state index contributed by atoms with van der Waals surface area (Å²) >= 11 is 0. The van der Waals surface area contributed by atoms with Crippen LogP contribution in [0.1, 0.15) is 24.2 Å². The van der Waals surface area contributed by atoms with E-state index in [1.54, 1.807) is 72.5 Å². The van der Waals surface area contributed by atoms with Gasteiger partial charge in [0.1, 0.15) is 11.6 Å². The number of hydrogen-bond acceptors (Lipinski definition) is 5. The molecule has 168 valence electrons. The largest absolute Gasteiger partial charge is 0.497 e. The molecule has 8 heteroatoms. The van der Waals surface area contributed by atoms with Gasteiger partial charge in [-0.3, -0.25) is 4.79 Å². The van der Waals surface area contributed by atoms with Crippen molar-refractivity contribution in [2.45, 2.75) is 20.0 Å². The van der Waals surface area contributed by atoms with Crippen molar-refractivity contribution >= 4 is 11.6 Å². The minimum Gasteiger partial charge on any atom is -0.497 e. The summed E-state index contributed by atoms with van der Waals surface area (Å²) in [5.41, 5.74) is 2.34. The van der Waals surface area contributed by atoms with Crippen LogP contribution in [0.5, 0.6) is 11.8 Å². The van der Waals surface area contributed by atoms with Gasteiger partial charge in [0.25, 0.3) is 5.91 Å². The van der Waals surface area contributed by atoms with Crippen molar-refractivity contribution < 1.29 is 18.7 Å². The molecule has 0 radical (unpaired) electrons. The zero-order valence-corrected chi connectivity index (χ0v) is 18.4. The number of hydrogen-bond donors (Lipinski definition) is 1. The van der Waals surface area contributed by atoms with Gasteiger partial charge in [0.15, 0.2) is 5.82 Å². The predicted molar refractivity (Wildman–Crippen MR) is 123 cm³/mol. The number of carbonyl (C=O) groups excluding carboxylic acids is 1. The molecule has 7 nitrogen and oxygen atoms in total. The average molecular weight is 446 g/mol. The zero-order chi connectivity index (χ0) is 23.4. The molecule has 4 rings (SSSR count). The van der Waals surface area contributed by atoms with Crippen LogP contribution in [-0.4, -0.2) is 33.9 Å². The van der Waals surface area contributed by atoms with Gasteiger partial charge in [-0.05, 0) is 68.4 Å². The third kappa shape index (κ3) is 5.17. The maximum Gasteiger partial charge on any atom is 0.336 e. The van der Waals surface area contributed by atoms with Crippen LogP contribution in [0.2, 0.25) is 0 Å². The minimum absolute atomic E-state index is 0.115. The summed E-state index contributed by atoms with van der Waals surface area (Å²) in [6, 6.07) is 20.3. The summed E-state index contributed by atoms with van der Waals surface area (Å²) in [4.78, 5) is 17.0. The second kappa shape index (κ2) is 9.52. The van der Waals surface area contributed by atoms with Gasteiger partial charge in [-0.25, -0.2) is 9.07 Å². The SMILES string of the molecule is COc1cccc(C(=O)Nc2ccc(-n3nc(OC(C)C)nc3-c3cccc(F)c3)cc2)c1. The van der Waals surface area contributed by atoms with E-state index in [0.29, 0.717) is 34.1 Å². The molecule has 4 aromatic rings. The number of nitrogens with zero attached hydrogens (tertiary/aromatic N) is 3. The second-order valence-corrected chi connectivity index (χ2v) is 7.54. The summed E-state index contributed by atoms with van der Waals surface area (Å²) in [7, 11) is 1.55. The lowest BCUT2D eigenvalue weighted by Crippen LogP contribution is -2.12. The van der Waals surface area contributed by atoms with Gasteiger partial charge >= 0.3 is 6.01 Å². The molecule has 1 heterocycles. The lowest BCUT2D eigenvalue weighted by Gasteiger charge is -2.09. The van der Waals surface area contributed by atoms with Crippen LogP contribution in [0.4, 0.5) is 10.1 Å². The first-order chi connectivity index (χ1) is 15.9. The number of carbonyl (C=O) groups is 1. The molecule has 0 saturated carbocycles. The third-order valence-corrected chi connectivity index (χ3v) is 4.71. The number of ether oxygens (including phenoxy) is 2. The molecule has 3 aromatic carbocycles. The first kappa shape index (κ1) is 22.0. The maximum absolute atomic E-state index is 13.8. The third-order valence-electron chi connectivity index (χ3n) is 4.71. The van der Waals surface area contributed by atoms with Crippen LogP contribution in [0.25, 0.3) is 17.1 Å². The molecule has 0 aliphatic carbocycles. The number of anilines is 1. The Morgan fingerprint density at radius 2 is 1.79 bits per heavy atom. The number of methoxy groups -OCH3 is 1. The summed E-state index contributed by atoms with van der Waals surface area (Å²) in [6.07, 6.45) is -0.115. The number of amides is 1. The molecule has 1 amide bonds. The van der Waals surface area contributed by atoms with Crippen LogP contribution in [0.3, 0.4) is 0 Å². The van der Waals surface area contributed by atoms with Gasteiger partial charge in [-0.15, -0.1) is 5.10 Å². The van der Waals surface area contributed by atoms with Crippen molar-refractivity contribution in [3.8, 4) is 28.8 Å². The van der Waals surface area contributed by atoms with Crippen molar-refractivity contribution in [2.24, 2.45) is 0 Å². The van der Waals surface area contributed by atoms with Gasteiger partial charge in [-0.2, -0.15) is 4.98 Å². The number of nitrogens with one attached hydrogen (secondary N) is 1. The van der Waals surface area contributed by atoms with Crippen LogP contribution in [0, 0.1) is 5.82 Å². The van der Waals surface area contributed by atoms with E-state index in [0.717, 1.165) is 0 Å². The van der Waals surface area contributed by atoms with E-state index in [1.165, 1.54) is 12.1 Å². The highest BCUT2D eigenvalue weighted by Gasteiger charge is 2.16. The molecule has 0 fully saturated rings. The molecule has 0 bridgehead atoms. The summed E-state index contributed by atoms with van der Waals surface area (Å²) in [6.45, 7) is 3.75. The first-order valence-corrected chi connectivity index (χ1v) is 10.4. The topological polar surface area (TPSA) is 78.3 Å². The highest BCUT2D eigenvalue weighted by molar-refractivity contribution is 6.04. The Bertz CT molecular complexity index is 1270. The lowest BCUT2D eigenvalue weighted by molar-refractivity contribution is 0.102. The molecule has 1 aromatic heterocycles. The normalized spacial score (nSPS) is 10.8. The minimum atomic E-state index is -0.371. The molecule has 0 spiro atoms. The Balaban J connectivity index is 1.61. The maximum atomic E-state index is 13.8. The number of halogens is 1. The van der Waals surface area contributed by atoms with E-state index in [9.17, 15) is 9.18 Å². The van der Waals surface area contributed by atoms with E-state index in [1.807, 2.05) is 13.8 Å². The quantitative estimate of drug-likeness (QED) is 0.426. The van der Waals surface area contributed by atoms with Crippen molar-refractivity contribution in [3.05, 3.63) is 84.2 Å². The molecule has 0 saturated heterocycles. The van der Waals surface area contributed by atoms with Crippen LogP contribution in [0.15, 0.2) is 72.8 Å². The van der Waals surface area contributed by atoms with Crippen molar-refractivity contribution in [2.75, 3.05) is 12.4 Å². The summed E-state index contributed by atoms with van der Waals surface area (Å²) in [5, 5.41) is 7.30. The number of aromatic nitrogens is 3. The van der Waals surface area contributed by atoms with Crippen molar-refractivity contribution in [1.29, 1.82) is 0 Å². The standard InChI is InChI=1S/C25H23FN4O3/c1-16(2)33-25-28-23(17-6-4-8-19(26)14-17)30(29-25)21-12-10-20(11-13-21)27-24(31)18-7-5-9-22(15-18)32-3/h4-16H,1-3H3,(H,27,31). The Morgan fingerprint density at radius 1 is 1.03 bits per heavy atom. The zero-order valence-electron chi connectivity index (χ0n) is 18.4. The first-order valence-electron chi connectivity index (χ1n) is 10.4. The Kier molecular flexibility index (Phi) is 6.35. The monoisotopic (exact) mass is 446 g/mol. The highest BCUT2D eigenvalue weighted by atomic mass is 19.1. The van der Waals surface area contributed by atoms with E-state index in [-0.39, 0.29) is 23.8 Å². The molecular weight excluding hydrogens is 423 g/mol. The van der Waals surface area contributed by atoms with E-state index in [2.05, 4.69) is 15.4 Å². The lowest BCUT2D eigenvalue weighted by atomic mass is 10.2. The number of rotatable bonds is 7. The van der Waals surface area contributed by atoms with Gasteiger partial charge < -0.3 is 14.8 Å². The molecular formula is C25H23FN4O3. The molecule has 33 heavy (non-hydrogen) atoms. The second-order valence-electron chi connectivity index (χ2n) is 7.54. The summed E-state index contributed by atoms with van der Waals surface area (Å²) < 4.78 is 26.2. The average Bonchev–Trinajstić information content (AvgIpc) is 3.22. The van der Waals surface area contributed by atoms with Crippen molar-refractivity contribution in [3.63, 3.8) is 0 Å². The van der Waals surface area contributed by atoms with E-state index < -0.39 is 0 Å². The summed E-state index contributed by atoms with van der Waals surface area (Å²) in [5.74, 6) is 0.422. The van der Waals surface area contributed by atoms with Crippen LogP contribution >= 0.6 is 0 Å². The Morgan fingerprint density at radius 3 is 2.48 bits per heavy atom. The molecule has 0 aliphatic heterocycles. The van der Waals surface area contributed by atoms with Gasteiger partial charge in [0.05, 0.1) is 18.9 Å². The Hall–Kier alpha value is -4.20. The smallest absolute Gasteiger partial charge is 0.336 e. The molecule has 0 unspecified atom stereocenters. The number of benzene rings is 3. The van der Waals surface area contributed by atoms with Crippen LogP contribution < -0.4 is 14.8 Å². The highest BCUT2D eigenvalue weighted by Crippen LogP contribution is 2.25. The Labute approximate surface area is 190 Å². The predicted octanol–water partition coefficient (Wildman–Crippen LogP) is 5.12. The van der Waals surface area contributed by atoms with Gasteiger partial charge in [0, 0.05) is 16.8 Å². The van der Waals surface area contributed by atoms with Crippen molar-refractivity contribution in [1.82, 2.24) is 14.8 Å². The van der Waals surface area contributed by atoms with Gasteiger partial charge in [0.2, 0.25) is 0 Å². The molecule has 0 atom stereocenters. The fourth-order valence-corrected chi connectivity index (χ4v) is 3.20. The van der Waals surface area contributed by atoms with Gasteiger partial charge in [-0.1, -0.05) is 18.2 Å². The fraction of sp³-hybridized carbons (Fsp3) is 0.160. The fourth-order valence-electron chi connectivity index (χ4n) is 3.20. The molecule has 1 N–H and O–H groups in total. The van der Waals surface area contributed by atoms with E-state index >= 15 is 0 Å². The molecule has 0 aliphatic rings.